The van der Waals surface area contributed by atoms with E-state index < -0.39 is 17.0 Å². The van der Waals surface area contributed by atoms with Crippen molar-refractivity contribution >= 4 is 11.9 Å². The molecule has 0 saturated carbocycles. The minimum absolute atomic E-state index is 0.0195. The predicted octanol–water partition coefficient (Wildman–Crippen LogP) is 1.30. The summed E-state index contributed by atoms with van der Waals surface area (Å²) in [5.74, 6) is -1.52. The highest BCUT2D eigenvalue weighted by Gasteiger charge is 2.78. The standard InChI is InChI=1S/C15H16O5/c1-7-4-14-10(8(7)2)3-9(12(16)17)11(14)5-19-13(18)15(14)6-20-15/h3,10-11H,4-6H2,1-2H3,(H,16,17). The van der Waals surface area contributed by atoms with E-state index in [1.165, 1.54) is 11.1 Å². The van der Waals surface area contributed by atoms with Crippen molar-refractivity contribution in [3.63, 3.8) is 0 Å². The minimum Gasteiger partial charge on any atom is -0.478 e. The maximum absolute atomic E-state index is 12.2. The zero-order valence-electron chi connectivity index (χ0n) is 11.4. The summed E-state index contributed by atoms with van der Waals surface area (Å²) in [7, 11) is 0. The van der Waals surface area contributed by atoms with Gasteiger partial charge in [-0.05, 0) is 20.3 Å². The van der Waals surface area contributed by atoms with E-state index in [0.29, 0.717) is 12.2 Å². The third kappa shape index (κ3) is 1.06. The van der Waals surface area contributed by atoms with E-state index in [0.717, 1.165) is 6.42 Å². The third-order valence-corrected chi connectivity index (χ3v) is 5.74. The first-order chi connectivity index (χ1) is 9.44. The molecule has 5 heteroatoms. The van der Waals surface area contributed by atoms with E-state index in [4.69, 9.17) is 9.47 Å². The van der Waals surface area contributed by atoms with Crippen LogP contribution in [0, 0.1) is 17.3 Å². The zero-order chi connectivity index (χ0) is 14.3. The second-order valence-corrected chi connectivity index (χ2v) is 6.35. The molecule has 0 aromatic carbocycles. The number of aliphatic carboxylic acids is 1. The summed E-state index contributed by atoms with van der Waals surface area (Å²) in [6, 6.07) is 0. The summed E-state index contributed by atoms with van der Waals surface area (Å²) in [6.07, 6.45) is 2.54. The Morgan fingerprint density at radius 1 is 1.45 bits per heavy atom. The molecule has 2 fully saturated rings. The fourth-order valence-electron chi connectivity index (χ4n) is 4.59. The SMILES string of the molecule is CC1=C(C)C2C=C(C(=O)O)C3COC(=O)C4(CO4)C23C1. The van der Waals surface area contributed by atoms with Gasteiger partial charge in [-0.1, -0.05) is 17.2 Å². The summed E-state index contributed by atoms with van der Waals surface area (Å²) < 4.78 is 10.8. The van der Waals surface area contributed by atoms with Gasteiger partial charge in [-0.3, -0.25) is 0 Å². The Balaban J connectivity index is 1.91. The molecule has 4 rings (SSSR count). The first-order valence-corrected chi connectivity index (χ1v) is 6.86. The smallest absolute Gasteiger partial charge is 0.341 e. The molecule has 2 heterocycles. The monoisotopic (exact) mass is 276 g/mol. The van der Waals surface area contributed by atoms with Gasteiger partial charge in [0.2, 0.25) is 0 Å². The summed E-state index contributed by atoms with van der Waals surface area (Å²) in [6.45, 7) is 4.59. The number of allylic oxidation sites excluding steroid dienone is 3. The fraction of sp³-hybridized carbons (Fsp3) is 0.600. The minimum atomic E-state index is -0.923. The number of ether oxygens (including phenoxy) is 2. The van der Waals surface area contributed by atoms with Crippen molar-refractivity contribution < 1.29 is 24.2 Å². The fourth-order valence-corrected chi connectivity index (χ4v) is 4.59. The Bertz CT molecular complexity index is 610. The van der Waals surface area contributed by atoms with Gasteiger partial charge in [-0.25, -0.2) is 9.59 Å². The van der Waals surface area contributed by atoms with Gasteiger partial charge in [0, 0.05) is 22.8 Å². The second-order valence-electron chi connectivity index (χ2n) is 6.35. The molecule has 2 saturated heterocycles. The number of rotatable bonds is 1. The second kappa shape index (κ2) is 3.34. The Labute approximate surface area is 116 Å². The van der Waals surface area contributed by atoms with Crippen LogP contribution in [0.5, 0.6) is 0 Å². The van der Waals surface area contributed by atoms with Gasteiger partial charge in [-0.15, -0.1) is 0 Å². The van der Waals surface area contributed by atoms with E-state index >= 15 is 0 Å². The lowest BCUT2D eigenvalue weighted by Gasteiger charge is -2.44. The van der Waals surface area contributed by atoms with Crippen LogP contribution in [-0.2, 0) is 19.1 Å². The molecule has 0 amide bonds. The van der Waals surface area contributed by atoms with Crippen molar-refractivity contribution in [2.24, 2.45) is 17.3 Å². The van der Waals surface area contributed by atoms with E-state index in [-0.39, 0.29) is 24.4 Å². The number of carboxylic acid groups (broad SMARTS) is 1. The number of cyclic esters (lactones) is 1. The Morgan fingerprint density at radius 2 is 2.15 bits per heavy atom. The van der Waals surface area contributed by atoms with Gasteiger partial charge in [0.1, 0.15) is 0 Å². The summed E-state index contributed by atoms with van der Waals surface area (Å²) in [4.78, 5) is 23.7. The lowest BCUT2D eigenvalue weighted by atomic mass is 9.60. The highest BCUT2D eigenvalue weighted by molar-refractivity contribution is 5.92. The van der Waals surface area contributed by atoms with Gasteiger partial charge in [0.25, 0.3) is 0 Å². The van der Waals surface area contributed by atoms with Crippen LogP contribution in [0.25, 0.3) is 0 Å². The molecule has 1 N–H and O–H groups in total. The lowest BCUT2D eigenvalue weighted by Crippen LogP contribution is -2.56. The molecule has 0 aromatic rings. The Kier molecular flexibility index (Phi) is 2.03. The summed E-state index contributed by atoms with van der Waals surface area (Å²) in [5, 5.41) is 9.45. The quantitative estimate of drug-likeness (QED) is 0.444. The average Bonchev–Trinajstić information content (AvgIpc) is 3.07. The molecule has 20 heavy (non-hydrogen) atoms. The molecule has 4 unspecified atom stereocenters. The van der Waals surface area contributed by atoms with Crippen molar-refractivity contribution in [3.05, 3.63) is 22.8 Å². The van der Waals surface area contributed by atoms with Crippen LogP contribution >= 0.6 is 0 Å². The first kappa shape index (κ1) is 12.1. The zero-order valence-corrected chi connectivity index (χ0v) is 11.4. The predicted molar refractivity (Wildman–Crippen MR) is 67.8 cm³/mol. The number of hydrogen-bond donors (Lipinski definition) is 1. The van der Waals surface area contributed by atoms with Crippen LogP contribution in [0.2, 0.25) is 0 Å². The van der Waals surface area contributed by atoms with Crippen LogP contribution in [0.4, 0.5) is 0 Å². The molecule has 4 atom stereocenters. The highest BCUT2D eigenvalue weighted by Crippen LogP contribution is 2.69. The van der Waals surface area contributed by atoms with Crippen LogP contribution in [0.3, 0.4) is 0 Å². The van der Waals surface area contributed by atoms with Crippen LogP contribution in [-0.4, -0.2) is 35.9 Å². The van der Waals surface area contributed by atoms with Crippen molar-refractivity contribution in [1.82, 2.24) is 0 Å². The molecular formula is C15H16O5. The van der Waals surface area contributed by atoms with Gasteiger partial charge < -0.3 is 14.6 Å². The van der Waals surface area contributed by atoms with Gasteiger partial charge in [0.05, 0.1) is 13.2 Å². The first-order valence-electron chi connectivity index (χ1n) is 6.86. The molecule has 0 bridgehead atoms. The van der Waals surface area contributed by atoms with Crippen LogP contribution in [0.15, 0.2) is 22.8 Å². The largest absolute Gasteiger partial charge is 0.478 e. The average molecular weight is 276 g/mol. The molecule has 4 aliphatic rings. The number of esters is 1. The molecule has 2 spiro atoms. The molecular weight excluding hydrogens is 260 g/mol. The van der Waals surface area contributed by atoms with E-state index in [2.05, 4.69) is 6.92 Å². The molecule has 2 aliphatic carbocycles. The van der Waals surface area contributed by atoms with Crippen LogP contribution in [0.1, 0.15) is 20.3 Å². The van der Waals surface area contributed by atoms with Gasteiger partial charge in [0.15, 0.2) is 5.60 Å². The number of epoxide rings is 1. The topological polar surface area (TPSA) is 76.1 Å². The third-order valence-electron chi connectivity index (χ3n) is 5.74. The molecule has 5 nitrogen and oxygen atoms in total. The molecule has 106 valence electrons. The van der Waals surface area contributed by atoms with E-state index in [1.54, 1.807) is 0 Å². The summed E-state index contributed by atoms with van der Waals surface area (Å²) in [5.41, 5.74) is 1.41. The maximum atomic E-state index is 12.2. The van der Waals surface area contributed by atoms with E-state index in [1.807, 2.05) is 13.0 Å². The molecule has 0 radical (unpaired) electrons. The van der Waals surface area contributed by atoms with Gasteiger partial charge >= 0.3 is 11.9 Å². The van der Waals surface area contributed by atoms with Crippen molar-refractivity contribution in [3.8, 4) is 0 Å². The highest BCUT2D eigenvalue weighted by atomic mass is 16.6. The van der Waals surface area contributed by atoms with Crippen molar-refractivity contribution in [1.29, 1.82) is 0 Å². The maximum Gasteiger partial charge on any atom is 0.341 e. The Morgan fingerprint density at radius 3 is 2.75 bits per heavy atom. The normalized spacial score (nSPS) is 45.1. The lowest BCUT2D eigenvalue weighted by molar-refractivity contribution is -0.173. The van der Waals surface area contributed by atoms with Crippen molar-refractivity contribution in [2.75, 3.05) is 13.2 Å². The molecule has 2 aliphatic heterocycles. The molecule has 0 aromatic heterocycles. The number of hydrogen-bond acceptors (Lipinski definition) is 4. The summed E-state index contributed by atoms with van der Waals surface area (Å²) >= 11 is 0. The number of carbonyl (C=O) groups excluding carboxylic acids is 1. The van der Waals surface area contributed by atoms with Crippen molar-refractivity contribution in [2.45, 2.75) is 25.9 Å². The van der Waals surface area contributed by atoms with Crippen LogP contribution < -0.4 is 0 Å². The van der Waals surface area contributed by atoms with Gasteiger partial charge in [-0.2, -0.15) is 0 Å². The number of carboxylic acids is 1. The number of carbonyl (C=O) groups is 2. The van der Waals surface area contributed by atoms with E-state index in [9.17, 15) is 14.7 Å². The Hall–Kier alpha value is -1.62.